The molecule has 11 nitrogen and oxygen atoms in total. The van der Waals surface area contributed by atoms with Crippen molar-refractivity contribution in [2.45, 2.75) is 38.5 Å². The number of piperidine rings is 2. The summed E-state index contributed by atoms with van der Waals surface area (Å²) < 4.78 is 0. The van der Waals surface area contributed by atoms with Crippen LogP contribution in [0.15, 0.2) is 23.3 Å². The SMILES string of the molecule is O=[N+]([O-])c1cccc(/C=N/Nc2nc(N3CCCCC3)nc(N3CCCCC3)n2)c1O. The first kappa shape index (κ1) is 20.8. The minimum atomic E-state index is -0.637. The maximum atomic E-state index is 11.0. The van der Waals surface area contributed by atoms with E-state index in [9.17, 15) is 15.2 Å². The largest absolute Gasteiger partial charge is 0.502 e. The van der Waals surface area contributed by atoms with Crippen molar-refractivity contribution in [2.75, 3.05) is 41.4 Å². The van der Waals surface area contributed by atoms with Gasteiger partial charge in [-0.1, -0.05) is 6.07 Å². The highest BCUT2D eigenvalue weighted by Gasteiger charge is 2.20. The summed E-state index contributed by atoms with van der Waals surface area (Å²) in [4.78, 5) is 28.5. The molecule has 2 saturated heterocycles. The third kappa shape index (κ3) is 4.98. The molecule has 2 N–H and O–H groups in total. The number of rotatable bonds is 6. The van der Waals surface area contributed by atoms with E-state index >= 15 is 0 Å². The molecule has 3 heterocycles. The van der Waals surface area contributed by atoms with Gasteiger partial charge in [0.15, 0.2) is 0 Å². The monoisotopic (exact) mass is 426 g/mol. The zero-order chi connectivity index (χ0) is 21.6. The summed E-state index contributed by atoms with van der Waals surface area (Å²) in [5.41, 5.74) is 2.65. The fraction of sp³-hybridized carbons (Fsp3) is 0.500. The van der Waals surface area contributed by atoms with Crippen LogP contribution >= 0.6 is 0 Å². The summed E-state index contributed by atoms with van der Waals surface area (Å²) in [6.45, 7) is 3.64. The van der Waals surface area contributed by atoms with Crippen molar-refractivity contribution in [3.8, 4) is 5.75 Å². The Bertz CT molecular complexity index is 919. The molecule has 0 amide bonds. The van der Waals surface area contributed by atoms with Gasteiger partial charge < -0.3 is 14.9 Å². The van der Waals surface area contributed by atoms with Crippen LogP contribution in [0.5, 0.6) is 5.75 Å². The van der Waals surface area contributed by atoms with E-state index in [4.69, 9.17) is 4.98 Å². The Morgan fingerprint density at radius 3 is 2.10 bits per heavy atom. The third-order valence-corrected chi connectivity index (χ3v) is 5.50. The Kier molecular flexibility index (Phi) is 6.39. The highest BCUT2D eigenvalue weighted by atomic mass is 16.6. The number of hydrogen-bond donors (Lipinski definition) is 2. The molecule has 11 heteroatoms. The first-order chi connectivity index (χ1) is 15.1. The minimum Gasteiger partial charge on any atom is -0.502 e. The van der Waals surface area contributed by atoms with Crippen LogP contribution < -0.4 is 15.2 Å². The second kappa shape index (κ2) is 9.54. The number of nitrogens with one attached hydrogen (secondary N) is 1. The summed E-state index contributed by atoms with van der Waals surface area (Å²) in [6, 6.07) is 4.27. The summed E-state index contributed by atoms with van der Waals surface area (Å²) in [5.74, 6) is 1.13. The number of anilines is 3. The molecule has 0 unspecified atom stereocenters. The maximum absolute atomic E-state index is 11.0. The van der Waals surface area contributed by atoms with Crippen molar-refractivity contribution in [3.05, 3.63) is 33.9 Å². The van der Waals surface area contributed by atoms with Crippen molar-refractivity contribution in [3.63, 3.8) is 0 Å². The average molecular weight is 426 g/mol. The first-order valence-electron chi connectivity index (χ1n) is 10.6. The second-order valence-electron chi connectivity index (χ2n) is 7.70. The Morgan fingerprint density at radius 1 is 0.968 bits per heavy atom. The van der Waals surface area contributed by atoms with Crippen molar-refractivity contribution >= 4 is 29.7 Å². The van der Waals surface area contributed by atoms with Crippen LogP contribution in [0.2, 0.25) is 0 Å². The molecular weight excluding hydrogens is 400 g/mol. The predicted molar refractivity (Wildman–Crippen MR) is 118 cm³/mol. The van der Waals surface area contributed by atoms with Crippen LogP contribution in [0.4, 0.5) is 23.5 Å². The highest BCUT2D eigenvalue weighted by molar-refractivity contribution is 5.85. The van der Waals surface area contributed by atoms with Crippen LogP contribution in [0.25, 0.3) is 0 Å². The third-order valence-electron chi connectivity index (χ3n) is 5.50. The zero-order valence-corrected chi connectivity index (χ0v) is 17.3. The number of phenolic OH excluding ortho intramolecular Hbond substituents is 1. The lowest BCUT2D eigenvalue weighted by Gasteiger charge is -2.30. The van der Waals surface area contributed by atoms with Crippen LogP contribution in [-0.4, -0.2) is 57.4 Å². The Morgan fingerprint density at radius 2 is 1.55 bits per heavy atom. The lowest BCUT2D eigenvalue weighted by molar-refractivity contribution is -0.385. The van der Waals surface area contributed by atoms with Gasteiger partial charge >= 0.3 is 5.69 Å². The van der Waals surface area contributed by atoms with E-state index in [1.807, 2.05) is 0 Å². The van der Waals surface area contributed by atoms with Gasteiger partial charge in [-0.25, -0.2) is 5.43 Å². The number of nitro benzene ring substituents is 1. The molecule has 2 aromatic rings. The summed E-state index contributed by atoms with van der Waals surface area (Å²) in [5, 5.41) is 25.2. The van der Waals surface area contributed by atoms with E-state index in [2.05, 4.69) is 30.3 Å². The minimum absolute atomic E-state index is 0.225. The van der Waals surface area contributed by atoms with Gasteiger partial charge in [0.2, 0.25) is 23.6 Å². The van der Waals surface area contributed by atoms with Crippen LogP contribution in [0.1, 0.15) is 44.1 Å². The number of hydrogen-bond acceptors (Lipinski definition) is 10. The summed E-state index contributed by atoms with van der Waals surface area (Å²) in [6.07, 6.45) is 8.17. The molecular formula is C20H26N8O3. The van der Waals surface area contributed by atoms with E-state index in [0.29, 0.717) is 17.8 Å². The highest BCUT2D eigenvalue weighted by Crippen LogP contribution is 2.28. The number of nitrogens with zero attached hydrogens (tertiary/aromatic N) is 7. The molecule has 1 aromatic heterocycles. The number of hydrazone groups is 1. The molecule has 31 heavy (non-hydrogen) atoms. The maximum Gasteiger partial charge on any atom is 0.311 e. The van der Waals surface area contributed by atoms with E-state index in [1.165, 1.54) is 31.2 Å². The summed E-state index contributed by atoms with van der Waals surface area (Å²) >= 11 is 0. The Balaban J connectivity index is 1.57. The van der Waals surface area contributed by atoms with E-state index in [-0.39, 0.29) is 11.3 Å². The van der Waals surface area contributed by atoms with E-state index in [1.54, 1.807) is 6.07 Å². The van der Waals surface area contributed by atoms with Gasteiger partial charge in [0.25, 0.3) is 0 Å². The lowest BCUT2D eigenvalue weighted by atomic mass is 10.1. The molecule has 0 bridgehead atoms. The van der Waals surface area contributed by atoms with Crippen LogP contribution in [0, 0.1) is 10.1 Å². The van der Waals surface area contributed by atoms with Gasteiger partial charge in [-0.05, 0) is 44.6 Å². The van der Waals surface area contributed by atoms with Gasteiger partial charge in [-0.2, -0.15) is 20.1 Å². The van der Waals surface area contributed by atoms with Gasteiger partial charge in [0.05, 0.1) is 11.1 Å². The average Bonchev–Trinajstić information content (AvgIpc) is 2.81. The molecule has 0 radical (unpaired) electrons. The molecule has 0 aliphatic carbocycles. The molecule has 0 saturated carbocycles. The number of aromatic nitrogens is 3. The molecule has 2 aliphatic heterocycles. The quantitative estimate of drug-likeness (QED) is 0.406. The molecule has 4 rings (SSSR count). The number of benzene rings is 1. The normalized spacial score (nSPS) is 17.2. The molecule has 1 aromatic carbocycles. The molecule has 2 fully saturated rings. The van der Waals surface area contributed by atoms with Gasteiger partial charge in [0.1, 0.15) is 0 Å². The fourth-order valence-electron chi connectivity index (χ4n) is 3.83. The second-order valence-corrected chi connectivity index (χ2v) is 7.70. The van der Waals surface area contributed by atoms with Gasteiger partial charge in [-0.3, -0.25) is 10.1 Å². The Hall–Kier alpha value is -3.50. The standard InChI is InChI=1S/C20H26N8O3/c29-17-15(8-7-9-16(17)28(30)31)14-21-25-18-22-19(26-10-3-1-4-11-26)24-20(23-18)27-12-5-2-6-13-27/h7-9,14,29H,1-6,10-13H2,(H,22,23,24,25)/b21-14+. The summed E-state index contributed by atoms with van der Waals surface area (Å²) in [7, 11) is 0. The number of nitro groups is 1. The van der Waals surface area contributed by atoms with Crippen molar-refractivity contribution in [1.29, 1.82) is 0 Å². The van der Waals surface area contributed by atoms with Gasteiger partial charge in [-0.15, -0.1) is 0 Å². The molecule has 0 atom stereocenters. The lowest BCUT2D eigenvalue weighted by Crippen LogP contribution is -2.34. The Labute approximate surface area is 180 Å². The van der Waals surface area contributed by atoms with Gasteiger partial charge in [0, 0.05) is 37.8 Å². The fourth-order valence-corrected chi connectivity index (χ4v) is 3.83. The number of phenols is 1. The van der Waals surface area contributed by atoms with E-state index in [0.717, 1.165) is 51.9 Å². The van der Waals surface area contributed by atoms with Crippen LogP contribution in [0.3, 0.4) is 0 Å². The molecule has 164 valence electrons. The van der Waals surface area contributed by atoms with Crippen molar-refractivity contribution in [2.24, 2.45) is 5.10 Å². The zero-order valence-electron chi connectivity index (χ0n) is 17.3. The van der Waals surface area contributed by atoms with Crippen LogP contribution in [-0.2, 0) is 0 Å². The van der Waals surface area contributed by atoms with Crippen molar-refractivity contribution < 1.29 is 10.0 Å². The topological polar surface area (TPSA) is 133 Å². The van der Waals surface area contributed by atoms with E-state index < -0.39 is 10.7 Å². The first-order valence-corrected chi connectivity index (χ1v) is 10.6. The van der Waals surface area contributed by atoms with Crippen molar-refractivity contribution in [1.82, 2.24) is 15.0 Å². The molecule has 2 aliphatic rings. The number of para-hydroxylation sites is 1. The smallest absolute Gasteiger partial charge is 0.311 e. The molecule has 0 spiro atoms. The number of aromatic hydroxyl groups is 1. The predicted octanol–water partition coefficient (Wildman–Crippen LogP) is 2.91.